The SMILES string of the molecule is CCC1(C)NC(=O)N(CCCNC(=NC)NCCc2cccc(Cl)c2)C1=O.I. The maximum Gasteiger partial charge on any atom is 0.325 e. The first kappa shape index (κ1) is 24.5. The van der Waals surface area contributed by atoms with E-state index in [2.05, 4.69) is 20.9 Å². The molecule has 2 rings (SSSR count). The molecule has 7 nitrogen and oxygen atoms in total. The summed E-state index contributed by atoms with van der Waals surface area (Å²) in [7, 11) is 1.71. The third-order valence-electron chi connectivity index (χ3n) is 4.72. The highest BCUT2D eigenvalue weighted by molar-refractivity contribution is 14.0. The van der Waals surface area contributed by atoms with E-state index in [0.29, 0.717) is 31.9 Å². The Morgan fingerprint density at radius 3 is 2.61 bits per heavy atom. The lowest BCUT2D eigenvalue weighted by molar-refractivity contribution is -0.130. The molecule has 1 unspecified atom stereocenters. The van der Waals surface area contributed by atoms with E-state index >= 15 is 0 Å². The van der Waals surface area contributed by atoms with Crippen LogP contribution in [0.3, 0.4) is 0 Å². The molecule has 0 aromatic heterocycles. The van der Waals surface area contributed by atoms with Gasteiger partial charge in [0.05, 0.1) is 0 Å². The number of rotatable bonds is 8. The second-order valence-electron chi connectivity index (χ2n) is 6.73. The van der Waals surface area contributed by atoms with Gasteiger partial charge in [0.2, 0.25) is 0 Å². The Hall–Kier alpha value is -1.55. The number of aliphatic imine (C=N–C) groups is 1. The van der Waals surface area contributed by atoms with Gasteiger partial charge in [-0.3, -0.25) is 14.7 Å². The van der Waals surface area contributed by atoms with Gasteiger partial charge in [-0.2, -0.15) is 0 Å². The summed E-state index contributed by atoms with van der Waals surface area (Å²) in [5.41, 5.74) is 0.380. The number of nitrogens with one attached hydrogen (secondary N) is 3. The molecule has 1 aliphatic heterocycles. The third kappa shape index (κ3) is 6.51. The minimum atomic E-state index is -0.775. The van der Waals surface area contributed by atoms with Crippen LogP contribution in [-0.2, 0) is 11.2 Å². The number of imide groups is 1. The summed E-state index contributed by atoms with van der Waals surface area (Å²) in [6, 6.07) is 7.46. The molecule has 28 heavy (non-hydrogen) atoms. The van der Waals surface area contributed by atoms with Crippen LogP contribution in [0.1, 0.15) is 32.3 Å². The first-order valence-electron chi connectivity index (χ1n) is 9.22. The van der Waals surface area contributed by atoms with Crippen LogP contribution in [0, 0.1) is 0 Å². The van der Waals surface area contributed by atoms with Crippen LogP contribution >= 0.6 is 35.6 Å². The van der Waals surface area contributed by atoms with E-state index in [0.717, 1.165) is 23.6 Å². The molecule has 9 heteroatoms. The maximum atomic E-state index is 12.3. The molecule has 1 aromatic carbocycles. The molecule has 1 aliphatic rings. The highest BCUT2D eigenvalue weighted by Crippen LogP contribution is 2.20. The molecule has 0 radical (unpaired) electrons. The Balaban J connectivity index is 0.00000392. The van der Waals surface area contributed by atoms with Crippen LogP contribution < -0.4 is 16.0 Å². The Labute approximate surface area is 188 Å². The van der Waals surface area contributed by atoms with Crippen molar-refractivity contribution in [1.29, 1.82) is 0 Å². The van der Waals surface area contributed by atoms with Crippen molar-refractivity contribution in [2.24, 2.45) is 4.99 Å². The zero-order valence-electron chi connectivity index (χ0n) is 16.5. The van der Waals surface area contributed by atoms with E-state index in [1.165, 1.54) is 4.90 Å². The Bertz CT molecular complexity index is 715. The van der Waals surface area contributed by atoms with E-state index in [9.17, 15) is 9.59 Å². The number of hydrogen-bond donors (Lipinski definition) is 3. The standard InChI is InChI=1S/C19H28ClN5O2.HI/c1-4-19(2)16(26)25(18(27)24-19)12-6-10-22-17(21-3)23-11-9-14-7-5-8-15(20)13-14;/h5,7-8,13H,4,6,9-12H2,1-3H3,(H,24,27)(H2,21,22,23);1H. The molecule has 1 fully saturated rings. The topological polar surface area (TPSA) is 85.8 Å². The van der Waals surface area contributed by atoms with E-state index in [1.54, 1.807) is 14.0 Å². The fourth-order valence-corrected chi connectivity index (χ4v) is 3.08. The molecule has 0 spiro atoms. The average Bonchev–Trinajstić information content (AvgIpc) is 2.87. The number of amides is 3. The maximum absolute atomic E-state index is 12.3. The Kier molecular flexibility index (Phi) is 10.0. The lowest BCUT2D eigenvalue weighted by Gasteiger charge is -2.19. The highest BCUT2D eigenvalue weighted by atomic mass is 127. The van der Waals surface area contributed by atoms with Crippen molar-refractivity contribution < 1.29 is 9.59 Å². The van der Waals surface area contributed by atoms with Crippen molar-refractivity contribution in [2.45, 2.75) is 38.6 Å². The van der Waals surface area contributed by atoms with Gasteiger partial charge in [0.1, 0.15) is 5.54 Å². The molecular weight excluding hydrogens is 493 g/mol. The van der Waals surface area contributed by atoms with Gasteiger partial charge in [-0.25, -0.2) is 4.79 Å². The molecule has 1 heterocycles. The second kappa shape index (κ2) is 11.5. The number of urea groups is 1. The lowest BCUT2D eigenvalue weighted by Crippen LogP contribution is -2.43. The number of halogens is 2. The number of carbonyl (C=O) groups is 2. The summed E-state index contributed by atoms with van der Waals surface area (Å²) in [5.74, 6) is 0.534. The molecule has 1 saturated heterocycles. The molecule has 156 valence electrons. The van der Waals surface area contributed by atoms with Gasteiger partial charge in [0.25, 0.3) is 5.91 Å². The quantitative estimate of drug-likeness (QED) is 0.161. The molecular formula is C19H29ClIN5O2. The van der Waals surface area contributed by atoms with E-state index in [4.69, 9.17) is 11.6 Å². The number of benzene rings is 1. The minimum Gasteiger partial charge on any atom is -0.356 e. The van der Waals surface area contributed by atoms with Crippen LogP contribution in [0.5, 0.6) is 0 Å². The van der Waals surface area contributed by atoms with Crippen molar-refractivity contribution in [1.82, 2.24) is 20.9 Å². The van der Waals surface area contributed by atoms with Gasteiger partial charge < -0.3 is 16.0 Å². The summed E-state index contributed by atoms with van der Waals surface area (Å²) in [5, 5.41) is 9.93. The largest absolute Gasteiger partial charge is 0.356 e. The molecule has 0 saturated carbocycles. The van der Waals surface area contributed by atoms with Crippen molar-refractivity contribution in [2.75, 3.05) is 26.7 Å². The van der Waals surface area contributed by atoms with Crippen LogP contribution in [0.15, 0.2) is 29.3 Å². The van der Waals surface area contributed by atoms with E-state index < -0.39 is 5.54 Å². The molecule has 0 bridgehead atoms. The predicted octanol–water partition coefficient (Wildman–Crippen LogP) is 2.78. The van der Waals surface area contributed by atoms with Gasteiger partial charge in [0, 0.05) is 31.7 Å². The molecule has 1 aromatic rings. The number of hydrogen-bond acceptors (Lipinski definition) is 3. The normalized spacial score (nSPS) is 19.3. The van der Waals surface area contributed by atoms with Gasteiger partial charge in [-0.1, -0.05) is 30.7 Å². The summed E-state index contributed by atoms with van der Waals surface area (Å²) < 4.78 is 0. The fraction of sp³-hybridized carbons (Fsp3) is 0.526. The van der Waals surface area contributed by atoms with E-state index in [1.807, 2.05) is 31.2 Å². The van der Waals surface area contributed by atoms with Crippen LogP contribution in [0.25, 0.3) is 0 Å². The number of carbonyl (C=O) groups excluding carboxylic acids is 2. The molecule has 3 amide bonds. The molecule has 1 atom stereocenters. The second-order valence-corrected chi connectivity index (χ2v) is 7.17. The summed E-state index contributed by atoms with van der Waals surface area (Å²) in [6.07, 6.45) is 2.06. The van der Waals surface area contributed by atoms with E-state index in [-0.39, 0.29) is 35.9 Å². The smallest absolute Gasteiger partial charge is 0.325 e. The fourth-order valence-electron chi connectivity index (χ4n) is 2.87. The van der Waals surface area contributed by atoms with Crippen molar-refractivity contribution in [3.63, 3.8) is 0 Å². The number of guanidine groups is 1. The first-order chi connectivity index (χ1) is 12.9. The van der Waals surface area contributed by atoms with Crippen molar-refractivity contribution >= 4 is 53.5 Å². The summed E-state index contributed by atoms with van der Waals surface area (Å²) in [4.78, 5) is 29.8. The van der Waals surface area contributed by atoms with Crippen molar-refractivity contribution in [3.8, 4) is 0 Å². The van der Waals surface area contributed by atoms with Crippen LogP contribution in [0.2, 0.25) is 5.02 Å². The predicted molar refractivity (Wildman–Crippen MR) is 123 cm³/mol. The zero-order chi connectivity index (χ0) is 19.9. The van der Waals surface area contributed by atoms with Gasteiger partial charge >= 0.3 is 6.03 Å². The Morgan fingerprint density at radius 1 is 1.29 bits per heavy atom. The summed E-state index contributed by atoms with van der Waals surface area (Å²) in [6.45, 7) is 5.37. The Morgan fingerprint density at radius 2 is 2.00 bits per heavy atom. The summed E-state index contributed by atoms with van der Waals surface area (Å²) >= 11 is 5.99. The minimum absolute atomic E-state index is 0. The number of nitrogens with zero attached hydrogens (tertiary/aromatic N) is 2. The van der Waals surface area contributed by atoms with Crippen LogP contribution in [-0.4, -0.2) is 55.0 Å². The molecule has 0 aliphatic carbocycles. The molecule has 3 N–H and O–H groups in total. The van der Waals surface area contributed by atoms with Gasteiger partial charge in [-0.15, -0.1) is 24.0 Å². The van der Waals surface area contributed by atoms with Crippen molar-refractivity contribution in [3.05, 3.63) is 34.9 Å². The first-order valence-corrected chi connectivity index (χ1v) is 9.60. The van der Waals surface area contributed by atoms with Gasteiger partial charge in [0.15, 0.2) is 5.96 Å². The van der Waals surface area contributed by atoms with Gasteiger partial charge in [-0.05, 0) is 43.9 Å². The third-order valence-corrected chi connectivity index (χ3v) is 4.96. The van der Waals surface area contributed by atoms with Crippen LogP contribution in [0.4, 0.5) is 4.79 Å². The average molecular weight is 522 g/mol. The monoisotopic (exact) mass is 521 g/mol. The lowest BCUT2D eigenvalue weighted by atomic mass is 9.99. The zero-order valence-corrected chi connectivity index (χ0v) is 19.6. The highest BCUT2D eigenvalue weighted by Gasteiger charge is 2.45.